The van der Waals surface area contributed by atoms with Crippen LogP contribution in [0.1, 0.15) is 30.9 Å². The van der Waals surface area contributed by atoms with Gasteiger partial charge in [-0.3, -0.25) is 0 Å². The zero-order valence-electron chi connectivity index (χ0n) is 14.2. The van der Waals surface area contributed by atoms with Crippen molar-refractivity contribution >= 4 is 27.6 Å². The van der Waals surface area contributed by atoms with E-state index in [1.807, 2.05) is 12.4 Å². The van der Waals surface area contributed by atoms with Crippen molar-refractivity contribution in [2.45, 2.75) is 31.3 Å². The molecule has 5 nitrogen and oxygen atoms in total. The maximum Gasteiger partial charge on any atom is 0.225 e. The van der Waals surface area contributed by atoms with Crippen molar-refractivity contribution in [2.24, 2.45) is 5.92 Å². The Morgan fingerprint density at radius 2 is 1.96 bits per heavy atom. The van der Waals surface area contributed by atoms with E-state index in [4.69, 9.17) is 4.74 Å². The van der Waals surface area contributed by atoms with E-state index in [2.05, 4.69) is 53.9 Å². The van der Waals surface area contributed by atoms with E-state index < -0.39 is 0 Å². The smallest absolute Gasteiger partial charge is 0.225 e. The third-order valence-corrected chi connectivity index (χ3v) is 6.37. The standard InChI is InChI=1S/C19H21BrN4O/c1-25-13-4-5-17-15(9-13)18-14(16-3-2-7-23(16)17)6-8-24(18)19-21-10-12(20)11-22-19/h4-5,9-11,14,16,18H,2-3,6-8H2,1H3/t14-,16-,18-/m1/s1. The number of halogens is 1. The summed E-state index contributed by atoms with van der Waals surface area (Å²) in [6.07, 6.45) is 7.46. The van der Waals surface area contributed by atoms with Gasteiger partial charge in [0.1, 0.15) is 5.75 Å². The summed E-state index contributed by atoms with van der Waals surface area (Å²) in [5.74, 6) is 2.39. The number of ether oxygens (including phenoxy) is 1. The molecule has 0 saturated carbocycles. The van der Waals surface area contributed by atoms with Crippen molar-refractivity contribution in [3.63, 3.8) is 0 Å². The number of nitrogens with zero attached hydrogens (tertiary/aromatic N) is 4. The molecule has 1 aromatic heterocycles. The molecule has 4 heterocycles. The summed E-state index contributed by atoms with van der Waals surface area (Å²) in [6, 6.07) is 7.53. The van der Waals surface area contributed by atoms with Gasteiger partial charge in [0.15, 0.2) is 0 Å². The van der Waals surface area contributed by atoms with Gasteiger partial charge in [-0.1, -0.05) is 0 Å². The van der Waals surface area contributed by atoms with Gasteiger partial charge in [0.2, 0.25) is 5.95 Å². The Bertz CT molecular complexity index is 797. The van der Waals surface area contributed by atoms with Gasteiger partial charge in [-0.15, -0.1) is 0 Å². The van der Waals surface area contributed by atoms with Crippen LogP contribution in [0.2, 0.25) is 0 Å². The molecule has 130 valence electrons. The second-order valence-electron chi connectivity index (χ2n) is 7.12. The topological polar surface area (TPSA) is 41.5 Å². The average Bonchev–Trinajstić information content (AvgIpc) is 3.29. The molecule has 0 unspecified atom stereocenters. The molecule has 2 saturated heterocycles. The molecule has 3 aliphatic rings. The van der Waals surface area contributed by atoms with E-state index >= 15 is 0 Å². The molecule has 3 atom stereocenters. The summed E-state index contributed by atoms with van der Waals surface area (Å²) in [7, 11) is 1.74. The molecule has 25 heavy (non-hydrogen) atoms. The number of hydrogen-bond donors (Lipinski definition) is 0. The molecule has 0 N–H and O–H groups in total. The lowest BCUT2D eigenvalue weighted by molar-refractivity contribution is 0.369. The van der Waals surface area contributed by atoms with Crippen LogP contribution in [0.25, 0.3) is 0 Å². The Labute approximate surface area is 156 Å². The van der Waals surface area contributed by atoms with Crippen LogP contribution in [0.4, 0.5) is 11.6 Å². The van der Waals surface area contributed by atoms with Crippen LogP contribution >= 0.6 is 15.9 Å². The molecule has 0 radical (unpaired) electrons. The third-order valence-electron chi connectivity index (χ3n) is 5.96. The fourth-order valence-corrected chi connectivity index (χ4v) is 5.20. The Hall–Kier alpha value is -1.82. The summed E-state index contributed by atoms with van der Waals surface area (Å²) in [4.78, 5) is 14.2. The summed E-state index contributed by atoms with van der Waals surface area (Å²) in [5.41, 5.74) is 2.74. The molecule has 2 fully saturated rings. The molecule has 6 heteroatoms. The van der Waals surface area contributed by atoms with E-state index in [0.29, 0.717) is 18.0 Å². The molecule has 0 spiro atoms. The van der Waals surface area contributed by atoms with Gasteiger partial charge in [0.25, 0.3) is 0 Å². The molecule has 0 bridgehead atoms. The van der Waals surface area contributed by atoms with Crippen molar-refractivity contribution < 1.29 is 4.74 Å². The average molecular weight is 401 g/mol. The number of aromatic nitrogens is 2. The Morgan fingerprint density at radius 1 is 1.12 bits per heavy atom. The minimum Gasteiger partial charge on any atom is -0.497 e. The fourth-order valence-electron chi connectivity index (χ4n) is 4.99. The number of hydrogen-bond acceptors (Lipinski definition) is 5. The van der Waals surface area contributed by atoms with Gasteiger partial charge in [0, 0.05) is 48.7 Å². The van der Waals surface area contributed by atoms with Crippen molar-refractivity contribution in [2.75, 3.05) is 30.0 Å². The Kier molecular flexibility index (Phi) is 3.62. The number of anilines is 2. The zero-order valence-corrected chi connectivity index (χ0v) is 15.8. The van der Waals surface area contributed by atoms with Crippen molar-refractivity contribution in [3.8, 4) is 5.75 Å². The molecular weight excluding hydrogens is 380 g/mol. The zero-order chi connectivity index (χ0) is 17.0. The first-order valence-electron chi connectivity index (χ1n) is 8.95. The van der Waals surface area contributed by atoms with Crippen LogP contribution in [0, 0.1) is 5.92 Å². The van der Waals surface area contributed by atoms with Crippen LogP contribution in [-0.2, 0) is 0 Å². The van der Waals surface area contributed by atoms with Crippen LogP contribution < -0.4 is 14.5 Å². The van der Waals surface area contributed by atoms with Crippen molar-refractivity contribution in [3.05, 3.63) is 40.6 Å². The molecule has 2 aromatic rings. The van der Waals surface area contributed by atoms with E-state index in [0.717, 1.165) is 22.7 Å². The summed E-state index contributed by atoms with van der Waals surface area (Å²) < 4.78 is 6.44. The lowest BCUT2D eigenvalue weighted by Crippen LogP contribution is -2.44. The maximum atomic E-state index is 5.52. The van der Waals surface area contributed by atoms with E-state index in [1.165, 1.54) is 37.1 Å². The first kappa shape index (κ1) is 15.4. The highest BCUT2D eigenvalue weighted by Gasteiger charge is 2.49. The number of methoxy groups -OCH3 is 1. The first-order chi connectivity index (χ1) is 12.3. The monoisotopic (exact) mass is 400 g/mol. The van der Waals surface area contributed by atoms with Gasteiger partial charge >= 0.3 is 0 Å². The predicted octanol–water partition coefficient (Wildman–Crippen LogP) is 3.80. The van der Waals surface area contributed by atoms with Gasteiger partial charge in [-0.25, -0.2) is 9.97 Å². The van der Waals surface area contributed by atoms with E-state index in [1.54, 1.807) is 7.11 Å². The van der Waals surface area contributed by atoms with Crippen LogP contribution in [0.5, 0.6) is 5.75 Å². The summed E-state index contributed by atoms with van der Waals surface area (Å²) in [5, 5.41) is 0. The van der Waals surface area contributed by atoms with Crippen molar-refractivity contribution in [1.29, 1.82) is 0 Å². The van der Waals surface area contributed by atoms with Crippen LogP contribution in [0.3, 0.4) is 0 Å². The van der Waals surface area contributed by atoms with Gasteiger partial charge in [0.05, 0.1) is 17.6 Å². The van der Waals surface area contributed by atoms with Crippen molar-refractivity contribution in [1.82, 2.24) is 9.97 Å². The molecular formula is C19H21BrN4O. The first-order valence-corrected chi connectivity index (χ1v) is 9.74. The second-order valence-corrected chi connectivity index (χ2v) is 8.04. The minimum atomic E-state index is 0.339. The Morgan fingerprint density at radius 3 is 2.76 bits per heavy atom. The Balaban J connectivity index is 1.63. The van der Waals surface area contributed by atoms with Crippen LogP contribution in [0.15, 0.2) is 35.1 Å². The molecule has 1 aromatic carbocycles. The van der Waals surface area contributed by atoms with Gasteiger partial charge in [-0.2, -0.15) is 0 Å². The molecule has 0 amide bonds. The number of fused-ring (bicyclic) bond motifs is 6. The highest BCUT2D eigenvalue weighted by atomic mass is 79.9. The van der Waals surface area contributed by atoms with Gasteiger partial charge in [-0.05, 0) is 53.4 Å². The molecule has 0 aliphatic carbocycles. The third kappa shape index (κ3) is 2.34. The highest BCUT2D eigenvalue weighted by Crippen LogP contribution is 2.52. The van der Waals surface area contributed by atoms with E-state index in [9.17, 15) is 0 Å². The summed E-state index contributed by atoms with van der Waals surface area (Å²) >= 11 is 3.44. The highest BCUT2D eigenvalue weighted by molar-refractivity contribution is 9.10. The SMILES string of the molecule is COc1ccc2c(c1)[C@H]1[C@H](CCN1c1ncc(Br)cn1)[C@H]1CCCN21. The maximum absolute atomic E-state index is 5.52. The van der Waals surface area contributed by atoms with E-state index in [-0.39, 0.29) is 0 Å². The molecule has 5 rings (SSSR count). The van der Waals surface area contributed by atoms with Gasteiger partial charge < -0.3 is 14.5 Å². The second kappa shape index (κ2) is 5.87. The normalized spacial score (nSPS) is 27.0. The lowest BCUT2D eigenvalue weighted by Gasteiger charge is -2.43. The quantitative estimate of drug-likeness (QED) is 0.766. The molecule has 3 aliphatic heterocycles. The fraction of sp³-hybridized carbons (Fsp3) is 0.474. The number of rotatable bonds is 2. The van der Waals surface area contributed by atoms with Crippen LogP contribution in [-0.4, -0.2) is 36.2 Å². The summed E-state index contributed by atoms with van der Waals surface area (Å²) in [6.45, 7) is 2.18. The lowest BCUT2D eigenvalue weighted by atomic mass is 9.81. The predicted molar refractivity (Wildman–Crippen MR) is 101 cm³/mol. The minimum absolute atomic E-state index is 0.339. The number of benzene rings is 1. The largest absolute Gasteiger partial charge is 0.497 e.